The Labute approximate surface area is 133 Å². The number of anilines is 2. The predicted molar refractivity (Wildman–Crippen MR) is 87.3 cm³/mol. The molecule has 5 nitrogen and oxygen atoms in total. The standard InChI is InChI=1S/C16H17N3O2S/c1-10-9-22-15(17-10)18-13(20)8-19-12-7-5-4-6-11(12)16(2,3)14(19)21/h4-7,9H,8H2,1-3H3,(H,17,18,20). The van der Waals surface area contributed by atoms with Crippen molar-refractivity contribution >= 4 is 34.0 Å². The van der Waals surface area contributed by atoms with E-state index < -0.39 is 5.41 Å². The summed E-state index contributed by atoms with van der Waals surface area (Å²) in [6.45, 7) is 5.64. The fraction of sp³-hybridized carbons (Fsp3) is 0.312. The molecule has 6 heteroatoms. The maximum absolute atomic E-state index is 12.6. The number of carbonyl (C=O) groups excluding carboxylic acids is 2. The number of nitrogens with one attached hydrogen (secondary N) is 1. The molecule has 2 heterocycles. The molecule has 1 aliphatic rings. The Morgan fingerprint density at radius 2 is 2.09 bits per heavy atom. The van der Waals surface area contributed by atoms with Crippen molar-refractivity contribution < 1.29 is 9.59 Å². The number of aromatic nitrogens is 1. The van der Waals surface area contributed by atoms with Crippen molar-refractivity contribution in [2.45, 2.75) is 26.2 Å². The number of aryl methyl sites for hydroxylation is 1. The number of thiazole rings is 1. The Morgan fingerprint density at radius 3 is 2.77 bits per heavy atom. The van der Waals surface area contributed by atoms with E-state index in [9.17, 15) is 9.59 Å². The highest BCUT2D eigenvalue weighted by Gasteiger charge is 2.44. The lowest BCUT2D eigenvalue weighted by atomic mass is 9.86. The summed E-state index contributed by atoms with van der Waals surface area (Å²) in [6, 6.07) is 7.61. The van der Waals surface area contributed by atoms with Gasteiger partial charge < -0.3 is 10.2 Å². The molecule has 1 aliphatic heterocycles. The third kappa shape index (κ3) is 2.39. The van der Waals surface area contributed by atoms with Gasteiger partial charge in [0.2, 0.25) is 11.8 Å². The highest BCUT2D eigenvalue weighted by atomic mass is 32.1. The molecule has 0 unspecified atom stereocenters. The molecule has 1 aromatic carbocycles. The Kier molecular flexibility index (Phi) is 3.48. The highest BCUT2D eigenvalue weighted by molar-refractivity contribution is 7.13. The number of rotatable bonds is 3. The summed E-state index contributed by atoms with van der Waals surface area (Å²) in [5.41, 5.74) is 2.03. The monoisotopic (exact) mass is 315 g/mol. The molecule has 0 saturated heterocycles. The lowest BCUT2D eigenvalue weighted by Gasteiger charge is -2.19. The van der Waals surface area contributed by atoms with E-state index in [1.807, 2.05) is 50.4 Å². The second-order valence-corrected chi connectivity index (χ2v) is 6.73. The van der Waals surface area contributed by atoms with E-state index in [-0.39, 0.29) is 18.4 Å². The maximum atomic E-state index is 12.6. The molecular weight excluding hydrogens is 298 g/mol. The molecule has 3 rings (SSSR count). The molecule has 2 aromatic rings. The first kappa shape index (κ1) is 14.7. The van der Waals surface area contributed by atoms with E-state index in [0.29, 0.717) is 5.13 Å². The van der Waals surface area contributed by atoms with Gasteiger partial charge in [0.1, 0.15) is 6.54 Å². The Bertz CT molecular complexity index is 751. The van der Waals surface area contributed by atoms with Crippen molar-refractivity contribution in [1.29, 1.82) is 0 Å². The smallest absolute Gasteiger partial charge is 0.246 e. The normalized spacial score (nSPS) is 15.8. The first-order chi connectivity index (χ1) is 10.4. The van der Waals surface area contributed by atoms with E-state index in [1.165, 1.54) is 11.3 Å². The van der Waals surface area contributed by atoms with Crippen LogP contribution in [0.15, 0.2) is 29.6 Å². The molecular formula is C16H17N3O2S. The summed E-state index contributed by atoms with van der Waals surface area (Å²) >= 11 is 1.38. The van der Waals surface area contributed by atoms with E-state index in [1.54, 1.807) is 4.90 Å². The van der Waals surface area contributed by atoms with Crippen molar-refractivity contribution in [1.82, 2.24) is 4.98 Å². The average Bonchev–Trinajstić information content (AvgIpc) is 2.95. The Balaban J connectivity index is 1.80. The quantitative estimate of drug-likeness (QED) is 0.947. The van der Waals surface area contributed by atoms with Gasteiger partial charge >= 0.3 is 0 Å². The summed E-state index contributed by atoms with van der Waals surface area (Å²) in [7, 11) is 0. The van der Waals surface area contributed by atoms with Gasteiger partial charge in [0.25, 0.3) is 0 Å². The van der Waals surface area contributed by atoms with Crippen LogP contribution in [0, 0.1) is 6.92 Å². The van der Waals surface area contributed by atoms with Crippen LogP contribution in [-0.2, 0) is 15.0 Å². The molecule has 0 spiro atoms. The van der Waals surface area contributed by atoms with Gasteiger partial charge in [-0.2, -0.15) is 0 Å². The van der Waals surface area contributed by atoms with Gasteiger partial charge in [-0.3, -0.25) is 9.59 Å². The van der Waals surface area contributed by atoms with Crippen LogP contribution in [0.2, 0.25) is 0 Å². The van der Waals surface area contributed by atoms with Crippen LogP contribution < -0.4 is 10.2 Å². The summed E-state index contributed by atoms with van der Waals surface area (Å²) in [5, 5.41) is 5.17. The van der Waals surface area contributed by atoms with Crippen molar-refractivity contribution in [3.63, 3.8) is 0 Å². The number of hydrogen-bond acceptors (Lipinski definition) is 4. The zero-order valence-corrected chi connectivity index (χ0v) is 13.5. The fourth-order valence-corrected chi connectivity index (χ4v) is 3.37. The molecule has 0 fully saturated rings. The molecule has 2 amide bonds. The minimum absolute atomic E-state index is 0.00208. The molecule has 0 bridgehead atoms. The number of hydrogen-bond donors (Lipinski definition) is 1. The van der Waals surface area contributed by atoms with Crippen LogP contribution in [0.1, 0.15) is 25.1 Å². The van der Waals surface area contributed by atoms with Crippen LogP contribution >= 0.6 is 11.3 Å². The number of carbonyl (C=O) groups is 2. The SMILES string of the molecule is Cc1csc(NC(=O)CN2C(=O)C(C)(C)c3ccccc32)n1. The maximum Gasteiger partial charge on any atom is 0.246 e. The molecule has 1 N–H and O–H groups in total. The van der Waals surface area contributed by atoms with Gasteiger partial charge in [-0.1, -0.05) is 18.2 Å². The molecule has 0 aliphatic carbocycles. The van der Waals surface area contributed by atoms with Crippen molar-refractivity contribution in [2.75, 3.05) is 16.8 Å². The minimum Gasteiger partial charge on any atom is -0.302 e. The largest absolute Gasteiger partial charge is 0.302 e. The molecule has 0 saturated carbocycles. The van der Waals surface area contributed by atoms with E-state index in [0.717, 1.165) is 16.9 Å². The van der Waals surface area contributed by atoms with Gasteiger partial charge in [0, 0.05) is 11.1 Å². The van der Waals surface area contributed by atoms with Crippen LogP contribution in [-0.4, -0.2) is 23.3 Å². The second-order valence-electron chi connectivity index (χ2n) is 5.88. The zero-order chi connectivity index (χ0) is 15.9. The molecule has 22 heavy (non-hydrogen) atoms. The lowest BCUT2D eigenvalue weighted by molar-refractivity contribution is -0.124. The van der Waals surface area contributed by atoms with Crippen LogP contribution in [0.5, 0.6) is 0 Å². The highest BCUT2D eigenvalue weighted by Crippen LogP contribution is 2.41. The number of benzene rings is 1. The third-order valence-corrected chi connectivity index (χ3v) is 4.69. The summed E-state index contributed by atoms with van der Waals surface area (Å²) in [5.74, 6) is -0.297. The van der Waals surface area contributed by atoms with Gasteiger partial charge in [-0.05, 0) is 32.4 Å². The van der Waals surface area contributed by atoms with Crippen molar-refractivity contribution in [3.05, 3.63) is 40.9 Å². The molecule has 0 atom stereocenters. The average molecular weight is 315 g/mol. The first-order valence-electron chi connectivity index (χ1n) is 7.03. The number of para-hydroxylation sites is 1. The Morgan fingerprint density at radius 1 is 1.36 bits per heavy atom. The lowest BCUT2D eigenvalue weighted by Crippen LogP contribution is -2.40. The summed E-state index contributed by atoms with van der Waals surface area (Å²) in [6.07, 6.45) is 0. The molecule has 1 aromatic heterocycles. The van der Waals surface area contributed by atoms with E-state index in [4.69, 9.17) is 0 Å². The summed E-state index contributed by atoms with van der Waals surface area (Å²) in [4.78, 5) is 30.6. The van der Waals surface area contributed by atoms with E-state index in [2.05, 4.69) is 10.3 Å². The Hall–Kier alpha value is -2.21. The van der Waals surface area contributed by atoms with Gasteiger partial charge in [-0.15, -0.1) is 11.3 Å². The predicted octanol–water partition coefficient (Wildman–Crippen LogP) is 2.71. The van der Waals surface area contributed by atoms with Crippen molar-refractivity contribution in [3.8, 4) is 0 Å². The topological polar surface area (TPSA) is 62.3 Å². The van der Waals surface area contributed by atoms with Crippen LogP contribution in [0.25, 0.3) is 0 Å². The number of nitrogens with zero attached hydrogens (tertiary/aromatic N) is 2. The first-order valence-corrected chi connectivity index (χ1v) is 7.91. The van der Waals surface area contributed by atoms with Gasteiger partial charge in [0.15, 0.2) is 5.13 Å². The number of amides is 2. The molecule has 0 radical (unpaired) electrons. The summed E-state index contributed by atoms with van der Waals surface area (Å²) < 4.78 is 0. The zero-order valence-electron chi connectivity index (χ0n) is 12.7. The second kappa shape index (κ2) is 5.21. The van der Waals surface area contributed by atoms with Crippen molar-refractivity contribution in [2.24, 2.45) is 0 Å². The van der Waals surface area contributed by atoms with Crippen LogP contribution in [0.4, 0.5) is 10.8 Å². The third-order valence-electron chi connectivity index (χ3n) is 3.82. The van der Waals surface area contributed by atoms with E-state index >= 15 is 0 Å². The van der Waals surface area contributed by atoms with Gasteiger partial charge in [0.05, 0.1) is 11.1 Å². The molecule has 114 valence electrons. The minimum atomic E-state index is -0.603. The fourth-order valence-electron chi connectivity index (χ4n) is 2.67. The number of fused-ring (bicyclic) bond motifs is 1. The van der Waals surface area contributed by atoms with Crippen LogP contribution in [0.3, 0.4) is 0 Å². The van der Waals surface area contributed by atoms with Gasteiger partial charge in [-0.25, -0.2) is 4.98 Å².